The molecule has 2 unspecified atom stereocenters. The summed E-state index contributed by atoms with van der Waals surface area (Å²) in [6, 6.07) is 9.79. The van der Waals surface area contributed by atoms with Gasteiger partial charge in [-0.25, -0.2) is 4.79 Å². The van der Waals surface area contributed by atoms with Crippen LogP contribution < -0.4 is 5.32 Å². The third-order valence-electron chi connectivity index (χ3n) is 4.36. The first-order valence-electron chi connectivity index (χ1n) is 7.61. The lowest BCUT2D eigenvalue weighted by Gasteiger charge is -2.31. The summed E-state index contributed by atoms with van der Waals surface area (Å²) >= 11 is 0. The molecule has 0 amide bonds. The predicted octanol–water partition coefficient (Wildman–Crippen LogP) is 3.46. The largest absolute Gasteiger partial charge is 0.468 e. The first-order valence-corrected chi connectivity index (χ1v) is 7.61. The Hall–Kier alpha value is -1.35. The summed E-state index contributed by atoms with van der Waals surface area (Å²) in [6.45, 7) is 2.19. The monoisotopic (exact) mass is 275 g/mol. The molecule has 0 radical (unpaired) electrons. The molecule has 1 aromatic carbocycles. The lowest BCUT2D eigenvalue weighted by molar-refractivity contribution is -0.143. The Labute approximate surface area is 121 Å². The molecule has 1 aliphatic carbocycles. The highest BCUT2D eigenvalue weighted by Gasteiger charge is 2.27. The van der Waals surface area contributed by atoms with Crippen molar-refractivity contribution in [2.45, 2.75) is 51.1 Å². The minimum Gasteiger partial charge on any atom is -0.468 e. The summed E-state index contributed by atoms with van der Waals surface area (Å²) in [7, 11) is 1.45. The molecule has 3 heteroatoms. The van der Waals surface area contributed by atoms with E-state index in [0.717, 1.165) is 5.56 Å². The fourth-order valence-corrected chi connectivity index (χ4v) is 3.10. The second-order valence-corrected chi connectivity index (χ2v) is 5.72. The van der Waals surface area contributed by atoms with Crippen molar-refractivity contribution in [1.29, 1.82) is 0 Å². The molecule has 2 atom stereocenters. The first kappa shape index (κ1) is 15.0. The molecule has 1 aromatic rings. The van der Waals surface area contributed by atoms with Gasteiger partial charge in [0, 0.05) is 6.04 Å². The number of hydrogen-bond acceptors (Lipinski definition) is 3. The van der Waals surface area contributed by atoms with E-state index in [9.17, 15) is 4.79 Å². The Bertz CT molecular complexity index is 412. The number of esters is 1. The minimum absolute atomic E-state index is 0.209. The fourth-order valence-electron chi connectivity index (χ4n) is 3.10. The molecule has 0 spiro atoms. The second kappa shape index (κ2) is 7.44. The van der Waals surface area contributed by atoms with Crippen LogP contribution in [0.1, 0.15) is 50.6 Å². The number of carbonyl (C=O) groups excluding carboxylic acids is 1. The highest BCUT2D eigenvalue weighted by Crippen LogP contribution is 2.28. The third-order valence-corrected chi connectivity index (χ3v) is 4.36. The average molecular weight is 275 g/mol. The zero-order chi connectivity index (χ0) is 14.4. The van der Waals surface area contributed by atoms with Crippen molar-refractivity contribution in [2.75, 3.05) is 7.11 Å². The summed E-state index contributed by atoms with van der Waals surface area (Å²) in [5.41, 5.74) is 0.974. The summed E-state index contributed by atoms with van der Waals surface area (Å²) < 4.78 is 4.95. The van der Waals surface area contributed by atoms with Crippen molar-refractivity contribution in [2.24, 2.45) is 5.92 Å². The van der Waals surface area contributed by atoms with Gasteiger partial charge in [-0.2, -0.15) is 0 Å². The SMILES string of the molecule is COC(=O)C(NC(C)C1CCCCC1)c1ccccc1. The van der Waals surface area contributed by atoms with E-state index in [-0.39, 0.29) is 12.0 Å². The molecule has 3 nitrogen and oxygen atoms in total. The summed E-state index contributed by atoms with van der Waals surface area (Å²) in [4.78, 5) is 12.0. The van der Waals surface area contributed by atoms with Crippen LogP contribution in [0.15, 0.2) is 30.3 Å². The number of hydrogen-bond donors (Lipinski definition) is 1. The van der Waals surface area contributed by atoms with E-state index >= 15 is 0 Å². The molecular formula is C17H25NO2. The number of rotatable bonds is 5. The van der Waals surface area contributed by atoms with Crippen LogP contribution in [-0.2, 0) is 9.53 Å². The van der Waals surface area contributed by atoms with Gasteiger partial charge in [0.1, 0.15) is 6.04 Å². The van der Waals surface area contributed by atoms with E-state index in [1.807, 2.05) is 30.3 Å². The molecule has 0 heterocycles. The Kier molecular flexibility index (Phi) is 5.60. The molecule has 1 N–H and O–H groups in total. The van der Waals surface area contributed by atoms with Crippen molar-refractivity contribution in [1.82, 2.24) is 5.32 Å². The topological polar surface area (TPSA) is 38.3 Å². The van der Waals surface area contributed by atoms with Crippen LogP contribution in [0.4, 0.5) is 0 Å². The van der Waals surface area contributed by atoms with Gasteiger partial charge in [-0.05, 0) is 31.2 Å². The maximum absolute atomic E-state index is 12.0. The normalized spacial score (nSPS) is 19.3. The number of benzene rings is 1. The summed E-state index contributed by atoms with van der Waals surface area (Å²) in [6.07, 6.45) is 6.49. The standard InChI is InChI=1S/C17H25NO2/c1-13(14-9-5-3-6-10-14)18-16(17(19)20-2)15-11-7-4-8-12-15/h4,7-8,11-14,16,18H,3,5-6,9-10H2,1-2H3. The van der Waals surface area contributed by atoms with Crippen LogP contribution in [0.5, 0.6) is 0 Å². The molecule has 0 aromatic heterocycles. The molecule has 0 bridgehead atoms. The number of nitrogens with one attached hydrogen (secondary N) is 1. The van der Waals surface area contributed by atoms with Crippen molar-refractivity contribution < 1.29 is 9.53 Å². The van der Waals surface area contributed by atoms with E-state index in [2.05, 4.69) is 12.2 Å². The molecule has 20 heavy (non-hydrogen) atoms. The smallest absolute Gasteiger partial charge is 0.327 e. The number of carbonyl (C=O) groups is 1. The van der Waals surface area contributed by atoms with E-state index in [1.165, 1.54) is 39.2 Å². The molecule has 2 rings (SSSR count). The van der Waals surface area contributed by atoms with E-state index < -0.39 is 0 Å². The molecule has 0 aliphatic heterocycles. The molecular weight excluding hydrogens is 250 g/mol. The zero-order valence-electron chi connectivity index (χ0n) is 12.5. The number of methoxy groups -OCH3 is 1. The quantitative estimate of drug-likeness (QED) is 0.836. The van der Waals surface area contributed by atoms with Crippen LogP contribution in [0.25, 0.3) is 0 Å². The maximum Gasteiger partial charge on any atom is 0.327 e. The van der Waals surface area contributed by atoms with Gasteiger partial charge in [0.2, 0.25) is 0 Å². The van der Waals surface area contributed by atoms with Gasteiger partial charge >= 0.3 is 5.97 Å². The van der Waals surface area contributed by atoms with Gasteiger partial charge in [0.15, 0.2) is 0 Å². The maximum atomic E-state index is 12.0. The average Bonchev–Trinajstić information content (AvgIpc) is 2.53. The first-order chi connectivity index (χ1) is 9.72. The van der Waals surface area contributed by atoms with Gasteiger partial charge < -0.3 is 4.74 Å². The zero-order valence-corrected chi connectivity index (χ0v) is 12.5. The van der Waals surface area contributed by atoms with Crippen LogP contribution in [0.2, 0.25) is 0 Å². The van der Waals surface area contributed by atoms with E-state index in [4.69, 9.17) is 4.74 Å². The van der Waals surface area contributed by atoms with Gasteiger partial charge in [0.25, 0.3) is 0 Å². The highest BCUT2D eigenvalue weighted by molar-refractivity contribution is 5.77. The predicted molar refractivity (Wildman–Crippen MR) is 80.4 cm³/mol. The highest BCUT2D eigenvalue weighted by atomic mass is 16.5. The summed E-state index contributed by atoms with van der Waals surface area (Å²) in [5, 5.41) is 3.48. The van der Waals surface area contributed by atoms with Gasteiger partial charge in [-0.15, -0.1) is 0 Å². The molecule has 1 saturated carbocycles. The lowest BCUT2D eigenvalue weighted by atomic mass is 9.84. The van der Waals surface area contributed by atoms with Crippen LogP contribution in [0.3, 0.4) is 0 Å². The molecule has 110 valence electrons. The Morgan fingerprint density at radius 3 is 2.45 bits per heavy atom. The molecule has 1 aliphatic rings. The van der Waals surface area contributed by atoms with Crippen molar-refractivity contribution in [3.05, 3.63) is 35.9 Å². The Morgan fingerprint density at radius 2 is 1.85 bits per heavy atom. The van der Waals surface area contributed by atoms with E-state index in [0.29, 0.717) is 12.0 Å². The third kappa shape index (κ3) is 3.83. The molecule has 0 saturated heterocycles. The molecule has 1 fully saturated rings. The van der Waals surface area contributed by atoms with Crippen LogP contribution in [-0.4, -0.2) is 19.1 Å². The van der Waals surface area contributed by atoms with Crippen LogP contribution in [0, 0.1) is 5.92 Å². The Balaban J connectivity index is 2.05. The van der Waals surface area contributed by atoms with Crippen molar-refractivity contribution >= 4 is 5.97 Å². The van der Waals surface area contributed by atoms with Crippen molar-refractivity contribution in [3.8, 4) is 0 Å². The van der Waals surface area contributed by atoms with Crippen LogP contribution >= 0.6 is 0 Å². The van der Waals surface area contributed by atoms with Gasteiger partial charge in [-0.3, -0.25) is 5.32 Å². The van der Waals surface area contributed by atoms with Gasteiger partial charge in [0.05, 0.1) is 7.11 Å². The van der Waals surface area contributed by atoms with E-state index in [1.54, 1.807) is 0 Å². The Morgan fingerprint density at radius 1 is 1.20 bits per heavy atom. The minimum atomic E-state index is -0.363. The van der Waals surface area contributed by atoms with Crippen molar-refractivity contribution in [3.63, 3.8) is 0 Å². The lowest BCUT2D eigenvalue weighted by Crippen LogP contribution is -2.40. The number of ether oxygens (including phenoxy) is 1. The van der Waals surface area contributed by atoms with Gasteiger partial charge in [-0.1, -0.05) is 49.6 Å². The second-order valence-electron chi connectivity index (χ2n) is 5.72. The summed E-state index contributed by atoms with van der Waals surface area (Å²) in [5.74, 6) is 0.457. The fraction of sp³-hybridized carbons (Fsp3) is 0.588.